The SMILES string of the molecule is Cc1cccc2c1N[C@@H](C(=O)O)[C@@H]1CC=C[C@@H]21. The highest BCUT2D eigenvalue weighted by Crippen LogP contribution is 2.45. The second-order valence-electron chi connectivity index (χ2n) is 4.85. The molecule has 0 spiro atoms. The van der Waals surface area contributed by atoms with Crippen LogP contribution in [-0.4, -0.2) is 17.1 Å². The summed E-state index contributed by atoms with van der Waals surface area (Å²) in [5.74, 6) is -0.341. The van der Waals surface area contributed by atoms with E-state index in [2.05, 4.69) is 23.5 Å². The number of aliphatic carboxylic acids is 1. The van der Waals surface area contributed by atoms with E-state index in [4.69, 9.17) is 0 Å². The summed E-state index contributed by atoms with van der Waals surface area (Å²) in [6.07, 6.45) is 5.10. The monoisotopic (exact) mass is 229 g/mol. The maximum absolute atomic E-state index is 11.3. The molecule has 0 bridgehead atoms. The van der Waals surface area contributed by atoms with E-state index in [0.29, 0.717) is 0 Å². The number of nitrogens with one attached hydrogen (secondary N) is 1. The second-order valence-corrected chi connectivity index (χ2v) is 4.85. The minimum atomic E-state index is -0.752. The Kier molecular flexibility index (Phi) is 2.21. The van der Waals surface area contributed by atoms with Crippen molar-refractivity contribution in [3.8, 4) is 0 Å². The Morgan fingerprint density at radius 1 is 1.47 bits per heavy atom. The number of anilines is 1. The smallest absolute Gasteiger partial charge is 0.326 e. The van der Waals surface area contributed by atoms with Gasteiger partial charge in [-0.1, -0.05) is 30.4 Å². The van der Waals surface area contributed by atoms with Crippen LogP contribution < -0.4 is 5.32 Å². The lowest BCUT2D eigenvalue weighted by molar-refractivity contribution is -0.139. The number of fused-ring (bicyclic) bond motifs is 3. The van der Waals surface area contributed by atoms with Crippen molar-refractivity contribution in [2.45, 2.75) is 25.3 Å². The molecule has 2 aliphatic rings. The van der Waals surface area contributed by atoms with E-state index in [1.807, 2.05) is 19.1 Å². The Morgan fingerprint density at radius 2 is 2.29 bits per heavy atom. The molecule has 0 aromatic heterocycles. The average Bonchev–Trinajstić information content (AvgIpc) is 2.77. The molecule has 88 valence electrons. The van der Waals surface area contributed by atoms with Gasteiger partial charge in [0.15, 0.2) is 0 Å². The van der Waals surface area contributed by atoms with Crippen LogP contribution in [0.1, 0.15) is 23.5 Å². The highest BCUT2D eigenvalue weighted by Gasteiger charge is 2.40. The summed E-state index contributed by atoms with van der Waals surface area (Å²) in [7, 11) is 0. The lowest BCUT2D eigenvalue weighted by atomic mass is 9.78. The summed E-state index contributed by atoms with van der Waals surface area (Å²) in [6, 6.07) is 5.69. The van der Waals surface area contributed by atoms with Gasteiger partial charge in [-0.15, -0.1) is 0 Å². The van der Waals surface area contributed by atoms with Crippen molar-refractivity contribution in [2.75, 3.05) is 5.32 Å². The molecule has 1 aromatic carbocycles. The fourth-order valence-electron chi connectivity index (χ4n) is 3.02. The Labute approximate surface area is 100 Å². The van der Waals surface area contributed by atoms with E-state index in [1.165, 1.54) is 5.56 Å². The number of rotatable bonds is 1. The largest absolute Gasteiger partial charge is 0.480 e. The molecular weight excluding hydrogens is 214 g/mol. The number of carboxylic acid groups (broad SMARTS) is 1. The lowest BCUT2D eigenvalue weighted by Gasteiger charge is -2.35. The van der Waals surface area contributed by atoms with Gasteiger partial charge in [0.2, 0.25) is 0 Å². The van der Waals surface area contributed by atoms with Gasteiger partial charge in [-0.3, -0.25) is 0 Å². The predicted octanol–water partition coefficient (Wildman–Crippen LogP) is 2.53. The number of hydrogen-bond acceptors (Lipinski definition) is 2. The lowest BCUT2D eigenvalue weighted by Crippen LogP contribution is -2.42. The van der Waals surface area contributed by atoms with Crippen LogP contribution >= 0.6 is 0 Å². The van der Waals surface area contributed by atoms with Gasteiger partial charge in [0.05, 0.1) is 0 Å². The van der Waals surface area contributed by atoms with Crippen LogP contribution in [0.15, 0.2) is 30.4 Å². The van der Waals surface area contributed by atoms with Gasteiger partial charge >= 0.3 is 5.97 Å². The molecule has 0 saturated heterocycles. The minimum Gasteiger partial charge on any atom is -0.480 e. The minimum absolute atomic E-state index is 0.154. The number of carboxylic acids is 1. The average molecular weight is 229 g/mol. The molecule has 0 unspecified atom stereocenters. The van der Waals surface area contributed by atoms with Crippen LogP contribution in [-0.2, 0) is 4.79 Å². The van der Waals surface area contributed by atoms with Crippen molar-refractivity contribution in [1.29, 1.82) is 0 Å². The van der Waals surface area contributed by atoms with E-state index >= 15 is 0 Å². The summed E-state index contributed by atoms with van der Waals surface area (Å²) in [5.41, 5.74) is 3.36. The van der Waals surface area contributed by atoms with Gasteiger partial charge in [0.25, 0.3) is 0 Å². The summed E-state index contributed by atoms with van der Waals surface area (Å²) in [5, 5.41) is 12.5. The number of hydrogen-bond donors (Lipinski definition) is 2. The number of allylic oxidation sites excluding steroid dienone is 2. The molecule has 3 nitrogen and oxygen atoms in total. The summed E-state index contributed by atoms with van der Waals surface area (Å²) < 4.78 is 0. The molecule has 3 atom stereocenters. The van der Waals surface area contributed by atoms with Crippen molar-refractivity contribution < 1.29 is 9.90 Å². The van der Waals surface area contributed by atoms with Gasteiger partial charge in [0.1, 0.15) is 6.04 Å². The molecule has 0 fully saturated rings. The van der Waals surface area contributed by atoms with Crippen LogP contribution in [0.25, 0.3) is 0 Å². The second kappa shape index (κ2) is 3.62. The zero-order chi connectivity index (χ0) is 12.0. The third-order valence-electron chi connectivity index (χ3n) is 3.87. The highest BCUT2D eigenvalue weighted by molar-refractivity contribution is 5.81. The standard InChI is InChI=1S/C14H15NO2/c1-8-4-2-6-10-9-5-3-7-11(9)13(14(16)17)15-12(8)10/h2-6,9,11,13,15H,7H2,1H3,(H,16,17)/t9-,11+,13+/m0/s1. The molecular formula is C14H15NO2. The van der Waals surface area contributed by atoms with Crippen molar-refractivity contribution in [3.63, 3.8) is 0 Å². The molecule has 3 rings (SSSR count). The van der Waals surface area contributed by atoms with Crippen molar-refractivity contribution in [3.05, 3.63) is 41.5 Å². The first-order valence-electron chi connectivity index (χ1n) is 5.94. The Morgan fingerprint density at radius 3 is 3.06 bits per heavy atom. The van der Waals surface area contributed by atoms with Crippen LogP contribution in [0.4, 0.5) is 5.69 Å². The molecule has 17 heavy (non-hydrogen) atoms. The fraction of sp³-hybridized carbons (Fsp3) is 0.357. The van der Waals surface area contributed by atoms with Crippen LogP contribution in [0.3, 0.4) is 0 Å². The molecule has 0 amide bonds. The Bertz CT molecular complexity index is 507. The number of carbonyl (C=O) groups is 1. The van der Waals surface area contributed by atoms with Crippen LogP contribution in [0.5, 0.6) is 0 Å². The van der Waals surface area contributed by atoms with Crippen LogP contribution in [0, 0.1) is 12.8 Å². The van der Waals surface area contributed by atoms with Crippen LogP contribution in [0.2, 0.25) is 0 Å². The summed E-state index contributed by atoms with van der Waals surface area (Å²) in [6.45, 7) is 2.02. The molecule has 2 N–H and O–H groups in total. The van der Waals surface area contributed by atoms with E-state index < -0.39 is 12.0 Å². The molecule has 1 heterocycles. The van der Waals surface area contributed by atoms with Crippen molar-refractivity contribution in [1.82, 2.24) is 0 Å². The van der Waals surface area contributed by atoms with Gasteiger partial charge in [-0.05, 0) is 24.5 Å². The first kappa shape index (κ1) is 10.4. The number of aryl methyl sites for hydroxylation is 1. The maximum atomic E-state index is 11.3. The topological polar surface area (TPSA) is 49.3 Å². The molecule has 1 aliphatic heterocycles. The maximum Gasteiger partial charge on any atom is 0.326 e. The van der Waals surface area contributed by atoms with E-state index in [-0.39, 0.29) is 11.8 Å². The van der Waals surface area contributed by atoms with Gasteiger partial charge in [-0.25, -0.2) is 4.79 Å². The zero-order valence-corrected chi connectivity index (χ0v) is 9.68. The highest BCUT2D eigenvalue weighted by atomic mass is 16.4. The molecule has 1 aromatic rings. The van der Waals surface area contributed by atoms with Gasteiger partial charge in [-0.2, -0.15) is 0 Å². The third kappa shape index (κ3) is 1.46. The fourth-order valence-corrected chi connectivity index (χ4v) is 3.02. The first-order chi connectivity index (χ1) is 8.18. The molecule has 0 saturated carbocycles. The number of benzene rings is 1. The predicted molar refractivity (Wildman–Crippen MR) is 66.2 cm³/mol. The van der Waals surface area contributed by atoms with E-state index in [9.17, 15) is 9.90 Å². The van der Waals surface area contributed by atoms with Crippen molar-refractivity contribution >= 4 is 11.7 Å². The molecule has 3 heteroatoms. The first-order valence-corrected chi connectivity index (χ1v) is 5.94. The Balaban J connectivity index is 2.12. The summed E-state index contributed by atoms with van der Waals surface area (Å²) >= 11 is 0. The van der Waals surface area contributed by atoms with Crippen molar-refractivity contribution in [2.24, 2.45) is 5.92 Å². The summed E-state index contributed by atoms with van der Waals surface area (Å²) in [4.78, 5) is 11.3. The number of para-hydroxylation sites is 1. The molecule has 0 radical (unpaired) electrons. The normalized spacial score (nSPS) is 29.4. The van der Waals surface area contributed by atoms with E-state index in [1.54, 1.807) is 0 Å². The molecule has 1 aliphatic carbocycles. The zero-order valence-electron chi connectivity index (χ0n) is 9.68. The van der Waals surface area contributed by atoms with Gasteiger partial charge < -0.3 is 10.4 Å². The third-order valence-corrected chi connectivity index (χ3v) is 3.87. The Hall–Kier alpha value is -1.77. The van der Waals surface area contributed by atoms with E-state index in [0.717, 1.165) is 17.7 Å². The quantitative estimate of drug-likeness (QED) is 0.727. The van der Waals surface area contributed by atoms with Gasteiger partial charge in [0, 0.05) is 17.5 Å².